The number of hydrogen-bond donors (Lipinski definition) is 1. The highest BCUT2D eigenvalue weighted by Crippen LogP contribution is 2.49. The van der Waals surface area contributed by atoms with Gasteiger partial charge in [-0.25, -0.2) is 4.79 Å². The number of rotatable bonds is 3. The largest absolute Gasteiger partial charge is 0.479 e. The molecule has 2 saturated carbocycles. The Morgan fingerprint density at radius 1 is 1.50 bits per heavy atom. The van der Waals surface area contributed by atoms with E-state index in [4.69, 9.17) is 0 Å². The fourth-order valence-corrected chi connectivity index (χ4v) is 3.82. The molecule has 1 aromatic heterocycles. The van der Waals surface area contributed by atoms with Gasteiger partial charge in [-0.2, -0.15) is 5.10 Å². The first kappa shape index (κ1) is 11.8. The minimum absolute atomic E-state index is 0.578. The van der Waals surface area contributed by atoms with E-state index < -0.39 is 11.5 Å². The van der Waals surface area contributed by atoms with Crippen LogP contribution in [0.2, 0.25) is 0 Å². The molecule has 0 aliphatic heterocycles. The molecule has 0 saturated heterocycles. The smallest absolute Gasteiger partial charge is 0.331 e. The van der Waals surface area contributed by atoms with Crippen molar-refractivity contribution in [2.75, 3.05) is 0 Å². The summed E-state index contributed by atoms with van der Waals surface area (Å²) in [5, 5.41) is 14.1. The molecule has 4 heteroatoms. The maximum absolute atomic E-state index is 11.8. The number of fused-ring (bicyclic) bond motifs is 2. The predicted octanol–water partition coefficient (Wildman–Crippen LogP) is 2.44. The molecule has 1 heterocycles. The van der Waals surface area contributed by atoms with E-state index in [1.54, 1.807) is 10.9 Å². The fraction of sp³-hybridized carbons (Fsp3) is 0.714. The summed E-state index contributed by atoms with van der Waals surface area (Å²) in [5.74, 6) is 0.452. The van der Waals surface area contributed by atoms with E-state index in [1.165, 1.54) is 19.3 Å². The van der Waals surface area contributed by atoms with Gasteiger partial charge in [0, 0.05) is 6.20 Å². The number of aliphatic carboxylic acids is 1. The van der Waals surface area contributed by atoms with Gasteiger partial charge in [0.05, 0.1) is 6.20 Å². The SMILES string of the molecule is CCc1cnn(C2(C(=O)O)C[C@@H]3CC[C@@H](C3)C2)c1. The van der Waals surface area contributed by atoms with Gasteiger partial charge in [-0.3, -0.25) is 4.68 Å². The molecule has 1 N–H and O–H groups in total. The summed E-state index contributed by atoms with van der Waals surface area (Å²) in [6, 6.07) is 0. The molecule has 2 fully saturated rings. The number of hydrogen-bond acceptors (Lipinski definition) is 2. The lowest BCUT2D eigenvalue weighted by atomic mass is 9.75. The highest BCUT2D eigenvalue weighted by molar-refractivity contribution is 5.77. The first-order valence-electron chi connectivity index (χ1n) is 6.91. The van der Waals surface area contributed by atoms with Crippen molar-refractivity contribution in [1.29, 1.82) is 0 Å². The molecule has 0 aromatic carbocycles. The van der Waals surface area contributed by atoms with E-state index >= 15 is 0 Å². The molecule has 18 heavy (non-hydrogen) atoms. The molecule has 2 aliphatic rings. The van der Waals surface area contributed by atoms with Crippen LogP contribution in [0, 0.1) is 11.8 Å². The number of carbonyl (C=O) groups is 1. The summed E-state index contributed by atoms with van der Waals surface area (Å²) in [6.45, 7) is 2.07. The van der Waals surface area contributed by atoms with Crippen LogP contribution >= 0.6 is 0 Å². The topological polar surface area (TPSA) is 55.1 Å². The van der Waals surface area contributed by atoms with Gasteiger partial charge < -0.3 is 5.11 Å². The Labute approximate surface area is 107 Å². The molecule has 4 nitrogen and oxygen atoms in total. The van der Waals surface area contributed by atoms with Crippen molar-refractivity contribution in [3.8, 4) is 0 Å². The van der Waals surface area contributed by atoms with E-state index in [2.05, 4.69) is 12.0 Å². The molecule has 2 aliphatic carbocycles. The van der Waals surface area contributed by atoms with E-state index in [0.717, 1.165) is 24.8 Å². The van der Waals surface area contributed by atoms with Gasteiger partial charge >= 0.3 is 5.97 Å². The lowest BCUT2D eigenvalue weighted by molar-refractivity contribution is -0.151. The van der Waals surface area contributed by atoms with Gasteiger partial charge in [-0.15, -0.1) is 0 Å². The maximum atomic E-state index is 11.8. The van der Waals surface area contributed by atoms with E-state index in [9.17, 15) is 9.90 Å². The summed E-state index contributed by atoms with van der Waals surface area (Å²) in [5.41, 5.74) is 0.339. The van der Waals surface area contributed by atoms with Crippen molar-refractivity contribution in [3.63, 3.8) is 0 Å². The molecule has 0 spiro atoms. The van der Waals surface area contributed by atoms with Gasteiger partial charge in [0.2, 0.25) is 0 Å². The quantitative estimate of drug-likeness (QED) is 0.893. The number of carboxylic acid groups (broad SMARTS) is 1. The second kappa shape index (κ2) is 4.11. The predicted molar refractivity (Wildman–Crippen MR) is 67.3 cm³/mol. The molecule has 1 aromatic rings. The average molecular weight is 248 g/mol. The van der Waals surface area contributed by atoms with Crippen LogP contribution in [0.1, 0.15) is 44.6 Å². The molecule has 2 bridgehead atoms. The minimum atomic E-state index is -0.780. The van der Waals surface area contributed by atoms with Gasteiger partial charge in [-0.05, 0) is 43.1 Å². The van der Waals surface area contributed by atoms with Crippen molar-refractivity contribution in [2.24, 2.45) is 11.8 Å². The highest BCUT2D eigenvalue weighted by atomic mass is 16.4. The number of aromatic nitrogens is 2. The normalized spacial score (nSPS) is 34.7. The minimum Gasteiger partial charge on any atom is -0.479 e. The zero-order chi connectivity index (χ0) is 12.8. The molecule has 0 amide bonds. The third kappa shape index (κ3) is 1.66. The Balaban J connectivity index is 1.99. The number of aryl methyl sites for hydroxylation is 1. The van der Waals surface area contributed by atoms with Crippen molar-refractivity contribution < 1.29 is 9.90 Å². The molecular formula is C14H20N2O2. The monoisotopic (exact) mass is 248 g/mol. The molecular weight excluding hydrogens is 228 g/mol. The zero-order valence-electron chi connectivity index (χ0n) is 10.8. The van der Waals surface area contributed by atoms with Crippen molar-refractivity contribution >= 4 is 5.97 Å². The number of carboxylic acids is 1. The van der Waals surface area contributed by atoms with Crippen LogP contribution < -0.4 is 0 Å². The zero-order valence-corrected chi connectivity index (χ0v) is 10.8. The Hall–Kier alpha value is -1.32. The third-order valence-electron chi connectivity index (χ3n) is 4.78. The van der Waals surface area contributed by atoms with Crippen LogP contribution in [-0.2, 0) is 16.8 Å². The molecule has 98 valence electrons. The Morgan fingerprint density at radius 2 is 2.17 bits per heavy atom. The van der Waals surface area contributed by atoms with Crippen molar-refractivity contribution in [3.05, 3.63) is 18.0 Å². The van der Waals surface area contributed by atoms with E-state index in [-0.39, 0.29) is 0 Å². The van der Waals surface area contributed by atoms with Crippen molar-refractivity contribution in [2.45, 2.75) is 51.0 Å². The maximum Gasteiger partial charge on any atom is 0.331 e. The summed E-state index contributed by atoms with van der Waals surface area (Å²) < 4.78 is 1.73. The summed E-state index contributed by atoms with van der Waals surface area (Å²) in [4.78, 5) is 11.8. The van der Waals surface area contributed by atoms with Crippen LogP contribution in [-0.4, -0.2) is 20.9 Å². The first-order chi connectivity index (χ1) is 8.64. The van der Waals surface area contributed by atoms with Crippen LogP contribution in [0.25, 0.3) is 0 Å². The molecule has 3 rings (SSSR count). The molecule has 3 atom stereocenters. The fourth-order valence-electron chi connectivity index (χ4n) is 3.82. The summed E-state index contributed by atoms with van der Waals surface area (Å²) >= 11 is 0. The van der Waals surface area contributed by atoms with Crippen LogP contribution in [0.15, 0.2) is 12.4 Å². The lowest BCUT2D eigenvalue weighted by Gasteiger charge is -2.37. The van der Waals surface area contributed by atoms with Crippen LogP contribution in [0.5, 0.6) is 0 Å². The third-order valence-corrected chi connectivity index (χ3v) is 4.78. The second-order valence-electron chi connectivity index (χ2n) is 5.94. The second-order valence-corrected chi connectivity index (χ2v) is 5.94. The van der Waals surface area contributed by atoms with E-state index in [0.29, 0.717) is 11.8 Å². The van der Waals surface area contributed by atoms with Gasteiger partial charge in [0.15, 0.2) is 5.54 Å². The van der Waals surface area contributed by atoms with E-state index in [1.807, 2.05) is 6.20 Å². The van der Waals surface area contributed by atoms with Crippen molar-refractivity contribution in [1.82, 2.24) is 9.78 Å². The standard InChI is InChI=1S/C14H20N2O2/c1-2-10-8-15-16(9-10)14(13(17)18)6-11-3-4-12(5-11)7-14/h8-9,11-12H,2-7H2,1H3,(H,17,18)/t11-,12+,14?. The Morgan fingerprint density at radius 3 is 2.67 bits per heavy atom. The highest BCUT2D eigenvalue weighted by Gasteiger charge is 2.50. The Bertz CT molecular complexity index is 454. The Kier molecular flexibility index (Phi) is 2.68. The van der Waals surface area contributed by atoms with Crippen LogP contribution in [0.4, 0.5) is 0 Å². The molecule has 0 radical (unpaired) electrons. The van der Waals surface area contributed by atoms with Gasteiger partial charge in [0.25, 0.3) is 0 Å². The van der Waals surface area contributed by atoms with Gasteiger partial charge in [0.1, 0.15) is 0 Å². The van der Waals surface area contributed by atoms with Crippen LogP contribution in [0.3, 0.4) is 0 Å². The summed E-state index contributed by atoms with van der Waals surface area (Å²) in [6.07, 6.45) is 9.76. The first-order valence-corrected chi connectivity index (χ1v) is 6.91. The average Bonchev–Trinajstić information content (AvgIpc) is 2.96. The summed E-state index contributed by atoms with van der Waals surface area (Å²) in [7, 11) is 0. The lowest BCUT2D eigenvalue weighted by Crippen LogP contribution is -2.46. The molecule has 1 unspecified atom stereocenters. The van der Waals surface area contributed by atoms with Gasteiger partial charge in [-0.1, -0.05) is 19.8 Å². The number of nitrogens with zero attached hydrogens (tertiary/aromatic N) is 2.